The molecule has 0 aromatic heterocycles. The van der Waals surface area contributed by atoms with Crippen LogP contribution in [0, 0.1) is 0 Å². The number of nitrogens with one attached hydrogen (secondary N) is 1. The largest absolute Gasteiger partial charge is 0.383 e. The van der Waals surface area contributed by atoms with E-state index >= 15 is 0 Å². The molecule has 2 aromatic carbocycles. The fourth-order valence-corrected chi connectivity index (χ4v) is 5.82. The second kappa shape index (κ2) is 12.0. The topological polar surface area (TPSA) is 78.9 Å². The average molecular weight is 481 g/mol. The molecule has 1 aliphatic rings. The minimum atomic E-state index is -1.62. The Balaban J connectivity index is 1.79. The molecule has 7 heteroatoms. The molecule has 0 bridgehead atoms. The highest BCUT2D eigenvalue weighted by molar-refractivity contribution is 7.87. The lowest BCUT2D eigenvalue weighted by Gasteiger charge is -2.39. The summed E-state index contributed by atoms with van der Waals surface area (Å²) < 4.78 is 17.5. The van der Waals surface area contributed by atoms with Gasteiger partial charge in [0.1, 0.15) is 4.75 Å². The van der Waals surface area contributed by atoms with Gasteiger partial charge in [0.2, 0.25) is 0 Å². The highest BCUT2D eigenvalue weighted by Crippen LogP contribution is 2.34. The molecule has 1 atom stereocenters. The van der Waals surface area contributed by atoms with Crippen molar-refractivity contribution in [2.75, 3.05) is 33.4 Å². The van der Waals surface area contributed by atoms with E-state index in [9.17, 15) is 14.2 Å². The number of hydroxylamine groups is 1. The second-order valence-corrected chi connectivity index (χ2v) is 9.99. The minimum Gasteiger partial charge on any atom is -0.383 e. The lowest BCUT2D eigenvalue weighted by Crippen LogP contribution is -2.56. The van der Waals surface area contributed by atoms with Gasteiger partial charge in [-0.2, -0.15) is 0 Å². The first-order valence-corrected chi connectivity index (χ1v) is 12.4. The van der Waals surface area contributed by atoms with Gasteiger partial charge < -0.3 is 9.64 Å². The lowest BCUT2D eigenvalue weighted by atomic mass is 9.95. The van der Waals surface area contributed by atoms with E-state index in [1.54, 1.807) is 36.9 Å². The van der Waals surface area contributed by atoms with Crippen LogP contribution in [0.15, 0.2) is 84.8 Å². The number of allylic oxidation sites excluding steroid dienone is 4. The molecule has 180 valence electrons. The predicted octanol–water partition coefficient (Wildman–Crippen LogP) is 4.20. The van der Waals surface area contributed by atoms with Gasteiger partial charge in [0, 0.05) is 31.6 Å². The molecule has 3 rings (SSSR count). The SMILES string of the molecule is C=C/C=C(\C=C)c1ccc(-c2ccc(S(=O)C3(C(=O)NO)CCN(CCOC)CC3)cc2)cc1. The van der Waals surface area contributed by atoms with Crippen LogP contribution in [0.2, 0.25) is 0 Å². The number of carbonyl (C=O) groups is 1. The van der Waals surface area contributed by atoms with Crippen molar-refractivity contribution in [3.8, 4) is 11.1 Å². The highest BCUT2D eigenvalue weighted by Gasteiger charge is 2.47. The summed E-state index contributed by atoms with van der Waals surface area (Å²) in [5, 5.41) is 9.38. The van der Waals surface area contributed by atoms with Crippen molar-refractivity contribution in [2.24, 2.45) is 0 Å². The van der Waals surface area contributed by atoms with Gasteiger partial charge in [-0.3, -0.25) is 14.2 Å². The van der Waals surface area contributed by atoms with Crippen LogP contribution < -0.4 is 5.48 Å². The molecule has 6 nitrogen and oxygen atoms in total. The zero-order valence-corrected chi connectivity index (χ0v) is 20.4. The molecule has 1 saturated heterocycles. The molecule has 0 radical (unpaired) electrons. The number of nitrogens with zero attached hydrogens (tertiary/aromatic N) is 1. The molecule has 1 fully saturated rings. The Morgan fingerprint density at radius 1 is 1.12 bits per heavy atom. The average Bonchev–Trinajstić information content (AvgIpc) is 2.90. The van der Waals surface area contributed by atoms with Gasteiger partial charge in [-0.05, 0) is 47.2 Å². The molecule has 34 heavy (non-hydrogen) atoms. The van der Waals surface area contributed by atoms with Crippen LogP contribution in [-0.4, -0.2) is 58.3 Å². The van der Waals surface area contributed by atoms with Crippen LogP contribution in [0.3, 0.4) is 0 Å². The third-order valence-electron chi connectivity index (χ3n) is 6.28. The van der Waals surface area contributed by atoms with E-state index in [1.165, 1.54) is 0 Å². The Labute approximate surface area is 204 Å². The normalized spacial score (nSPS) is 17.1. The summed E-state index contributed by atoms with van der Waals surface area (Å²) in [6.45, 7) is 10.2. The Kier molecular flexibility index (Phi) is 9.12. The summed E-state index contributed by atoms with van der Waals surface area (Å²) in [6, 6.07) is 15.5. The fourth-order valence-electron chi connectivity index (χ4n) is 4.22. The van der Waals surface area contributed by atoms with Crippen molar-refractivity contribution in [1.82, 2.24) is 10.4 Å². The number of amides is 1. The summed E-state index contributed by atoms with van der Waals surface area (Å²) in [7, 11) is 0.0366. The lowest BCUT2D eigenvalue weighted by molar-refractivity contribution is -0.133. The van der Waals surface area contributed by atoms with Gasteiger partial charge in [-0.15, -0.1) is 0 Å². The van der Waals surface area contributed by atoms with Crippen LogP contribution in [-0.2, 0) is 20.3 Å². The van der Waals surface area contributed by atoms with E-state index in [1.807, 2.05) is 42.5 Å². The molecule has 0 saturated carbocycles. The van der Waals surface area contributed by atoms with Gasteiger partial charge in [0.25, 0.3) is 5.91 Å². The number of ether oxygens (including phenoxy) is 1. The van der Waals surface area contributed by atoms with Crippen molar-refractivity contribution in [2.45, 2.75) is 22.5 Å². The predicted molar refractivity (Wildman–Crippen MR) is 137 cm³/mol. The van der Waals surface area contributed by atoms with Crippen LogP contribution in [0.5, 0.6) is 0 Å². The van der Waals surface area contributed by atoms with E-state index in [0.717, 1.165) is 28.8 Å². The summed E-state index contributed by atoms with van der Waals surface area (Å²) in [5.74, 6) is -0.595. The summed E-state index contributed by atoms with van der Waals surface area (Å²) in [4.78, 5) is 15.4. The molecule has 2 N–H and O–H groups in total. The zero-order valence-electron chi connectivity index (χ0n) is 19.5. The van der Waals surface area contributed by atoms with Crippen LogP contribution in [0.25, 0.3) is 16.7 Å². The number of piperidine rings is 1. The molecule has 0 spiro atoms. The fraction of sp³-hybridized carbons (Fsp3) is 0.296. The number of hydrogen-bond acceptors (Lipinski definition) is 5. The number of rotatable bonds is 10. The van der Waals surface area contributed by atoms with Gasteiger partial charge in [0.05, 0.1) is 17.4 Å². The van der Waals surface area contributed by atoms with Crippen molar-refractivity contribution < 1.29 is 18.9 Å². The van der Waals surface area contributed by atoms with Gasteiger partial charge in [0.15, 0.2) is 0 Å². The van der Waals surface area contributed by atoms with E-state index in [2.05, 4.69) is 18.1 Å². The first kappa shape index (κ1) is 25.8. The van der Waals surface area contributed by atoms with Gasteiger partial charge in [-0.25, -0.2) is 5.48 Å². The Morgan fingerprint density at radius 2 is 1.71 bits per heavy atom. The smallest absolute Gasteiger partial charge is 0.262 e. The third-order valence-corrected chi connectivity index (χ3v) is 8.29. The number of hydrogen-bond donors (Lipinski definition) is 2. The van der Waals surface area contributed by atoms with Crippen molar-refractivity contribution in [3.05, 3.63) is 85.5 Å². The summed E-state index contributed by atoms with van der Waals surface area (Å²) in [6.07, 6.45) is 6.22. The number of likely N-dealkylation sites (tertiary alicyclic amines) is 1. The van der Waals surface area contributed by atoms with Crippen molar-refractivity contribution in [3.63, 3.8) is 0 Å². The molecular formula is C27H32N2O4S. The van der Waals surface area contributed by atoms with Crippen LogP contribution >= 0.6 is 0 Å². The maximum Gasteiger partial charge on any atom is 0.262 e. The molecule has 2 aromatic rings. The first-order valence-electron chi connectivity index (χ1n) is 11.2. The minimum absolute atomic E-state index is 0.392. The molecule has 1 unspecified atom stereocenters. The highest BCUT2D eigenvalue weighted by atomic mass is 32.2. The Hall–Kier alpha value is -2.84. The maximum atomic E-state index is 13.6. The summed E-state index contributed by atoms with van der Waals surface area (Å²) >= 11 is 0. The quantitative estimate of drug-likeness (QED) is 0.303. The third kappa shape index (κ3) is 5.62. The molecule has 1 heterocycles. The Morgan fingerprint density at radius 3 is 2.21 bits per heavy atom. The number of benzene rings is 2. The van der Waals surface area contributed by atoms with Gasteiger partial charge in [-0.1, -0.05) is 67.8 Å². The van der Waals surface area contributed by atoms with E-state index in [4.69, 9.17) is 4.74 Å². The second-order valence-electron chi connectivity index (χ2n) is 8.20. The zero-order chi connectivity index (χ0) is 24.6. The van der Waals surface area contributed by atoms with Crippen LogP contribution in [0.1, 0.15) is 18.4 Å². The summed E-state index contributed by atoms with van der Waals surface area (Å²) in [5.41, 5.74) is 5.80. The van der Waals surface area contributed by atoms with E-state index in [-0.39, 0.29) is 0 Å². The van der Waals surface area contributed by atoms with Crippen LogP contribution in [0.4, 0.5) is 0 Å². The molecule has 1 amide bonds. The molecule has 1 aliphatic heterocycles. The molecule has 0 aliphatic carbocycles. The number of methoxy groups -OCH3 is 1. The van der Waals surface area contributed by atoms with Crippen molar-refractivity contribution >= 4 is 22.3 Å². The van der Waals surface area contributed by atoms with Gasteiger partial charge >= 0.3 is 0 Å². The molecular weight excluding hydrogens is 448 g/mol. The standard InChI is InChI=1S/C27H32N2O4S/c1-4-6-21(5-2)22-7-9-23(10-8-22)24-11-13-25(14-12-24)34(32)27(26(30)28-31)15-17-29(18-16-27)19-20-33-3/h4-14,31H,1-2,15-20H2,3H3,(H,28,30)/b21-6+. The monoisotopic (exact) mass is 480 g/mol. The maximum absolute atomic E-state index is 13.6. The van der Waals surface area contributed by atoms with Crippen molar-refractivity contribution in [1.29, 1.82) is 0 Å². The first-order chi connectivity index (χ1) is 16.5. The Bertz CT molecular complexity index is 1050. The van der Waals surface area contributed by atoms with E-state index < -0.39 is 21.5 Å². The van der Waals surface area contributed by atoms with E-state index in [0.29, 0.717) is 37.4 Å². The number of carbonyl (C=O) groups excluding carboxylic acids is 1.